The highest BCUT2D eigenvalue weighted by Crippen LogP contribution is 2.30. The molecule has 0 bridgehead atoms. The quantitative estimate of drug-likeness (QED) is 0.444. The Balaban J connectivity index is 2.90. The first kappa shape index (κ1) is 16.2. The Bertz CT molecular complexity index is 414. The van der Waals surface area contributed by atoms with Crippen molar-refractivity contribution in [3.05, 3.63) is 12.2 Å². The maximum atomic E-state index is 12.0. The normalized spacial score (nSPS) is 27.6. The molecule has 112 valence electrons. The molecule has 1 aliphatic rings. The first-order chi connectivity index (χ1) is 9.39. The van der Waals surface area contributed by atoms with Gasteiger partial charge in [0.1, 0.15) is 6.10 Å². The zero-order valence-electron chi connectivity index (χ0n) is 12.0. The number of hydrogen-bond acceptors (Lipinski definition) is 6. The van der Waals surface area contributed by atoms with E-state index in [9.17, 15) is 14.4 Å². The van der Waals surface area contributed by atoms with E-state index < -0.39 is 29.6 Å². The van der Waals surface area contributed by atoms with Gasteiger partial charge in [0.15, 0.2) is 0 Å². The molecule has 0 aromatic rings. The molecular formula is C14H20O6. The van der Waals surface area contributed by atoms with E-state index in [4.69, 9.17) is 14.2 Å². The fourth-order valence-corrected chi connectivity index (χ4v) is 2.28. The van der Waals surface area contributed by atoms with Crippen LogP contribution in [-0.4, -0.2) is 36.7 Å². The lowest BCUT2D eigenvalue weighted by molar-refractivity contribution is -0.182. The lowest BCUT2D eigenvalue weighted by Crippen LogP contribution is -2.45. The summed E-state index contributed by atoms with van der Waals surface area (Å²) in [6.07, 6.45) is 4.69. The minimum Gasteiger partial charge on any atom is -0.466 e. The lowest BCUT2D eigenvalue weighted by atomic mass is 9.88. The van der Waals surface area contributed by atoms with E-state index in [0.29, 0.717) is 19.3 Å². The third-order valence-corrected chi connectivity index (χ3v) is 3.11. The molecule has 6 heteroatoms. The Labute approximate surface area is 118 Å². The van der Waals surface area contributed by atoms with Crippen molar-refractivity contribution in [3.8, 4) is 0 Å². The Kier molecular flexibility index (Phi) is 5.73. The summed E-state index contributed by atoms with van der Waals surface area (Å²) >= 11 is 0. The smallest absolute Gasteiger partial charge is 0.350 e. The second kappa shape index (κ2) is 7.07. The molecule has 0 aliphatic heterocycles. The fraction of sp³-hybridized carbons (Fsp3) is 0.643. The summed E-state index contributed by atoms with van der Waals surface area (Å²) in [5.41, 5.74) is -1.30. The van der Waals surface area contributed by atoms with Gasteiger partial charge in [-0.15, -0.1) is 0 Å². The third-order valence-electron chi connectivity index (χ3n) is 3.11. The van der Waals surface area contributed by atoms with Crippen LogP contribution in [0.3, 0.4) is 0 Å². The molecule has 0 spiro atoms. The van der Waals surface area contributed by atoms with Crippen molar-refractivity contribution >= 4 is 17.9 Å². The highest BCUT2D eigenvalue weighted by atomic mass is 16.6. The number of carbonyl (C=O) groups excluding carboxylic acids is 3. The van der Waals surface area contributed by atoms with Crippen LogP contribution < -0.4 is 0 Å². The average Bonchev–Trinajstić information content (AvgIpc) is 2.35. The van der Waals surface area contributed by atoms with Gasteiger partial charge in [0.2, 0.25) is 5.60 Å². The number of methoxy groups -OCH3 is 1. The van der Waals surface area contributed by atoms with E-state index in [1.807, 2.05) is 6.08 Å². The van der Waals surface area contributed by atoms with Gasteiger partial charge in [-0.25, -0.2) is 4.79 Å². The van der Waals surface area contributed by atoms with Gasteiger partial charge in [-0.05, 0) is 18.9 Å². The highest BCUT2D eigenvalue weighted by molar-refractivity contribution is 5.83. The number of allylic oxidation sites excluding steroid dienone is 1. The largest absolute Gasteiger partial charge is 0.466 e. The molecule has 0 N–H and O–H groups in total. The van der Waals surface area contributed by atoms with Crippen LogP contribution in [0, 0.1) is 0 Å². The average molecular weight is 284 g/mol. The minimum atomic E-state index is -1.30. The van der Waals surface area contributed by atoms with E-state index in [1.54, 1.807) is 6.08 Å². The van der Waals surface area contributed by atoms with Crippen LogP contribution in [0.2, 0.25) is 0 Å². The van der Waals surface area contributed by atoms with Crippen LogP contribution in [0.25, 0.3) is 0 Å². The monoisotopic (exact) mass is 284 g/mol. The number of ether oxygens (including phenoxy) is 3. The molecule has 0 saturated carbocycles. The molecule has 0 heterocycles. The van der Waals surface area contributed by atoms with Gasteiger partial charge in [0, 0.05) is 26.7 Å². The number of carbonyl (C=O) groups is 3. The van der Waals surface area contributed by atoms with Crippen molar-refractivity contribution in [1.29, 1.82) is 0 Å². The molecule has 6 nitrogen and oxygen atoms in total. The molecule has 0 amide bonds. The van der Waals surface area contributed by atoms with Gasteiger partial charge < -0.3 is 14.2 Å². The summed E-state index contributed by atoms with van der Waals surface area (Å²) < 4.78 is 15.1. The molecule has 2 atom stereocenters. The Morgan fingerprint density at radius 2 is 1.85 bits per heavy atom. The number of rotatable bonds is 3. The lowest BCUT2D eigenvalue weighted by Gasteiger charge is -2.32. The Morgan fingerprint density at radius 3 is 2.40 bits per heavy atom. The fourth-order valence-electron chi connectivity index (χ4n) is 2.28. The van der Waals surface area contributed by atoms with Gasteiger partial charge in [0.25, 0.3) is 0 Å². The van der Waals surface area contributed by atoms with Gasteiger partial charge in [-0.2, -0.15) is 0 Å². The van der Waals surface area contributed by atoms with Gasteiger partial charge >= 0.3 is 17.9 Å². The highest BCUT2D eigenvalue weighted by Gasteiger charge is 2.43. The molecule has 0 fully saturated rings. The topological polar surface area (TPSA) is 78.9 Å². The standard InChI is InChI=1S/C14H20O6/c1-10(15)19-12-6-4-5-8-14(9-7-12,13(17)18-3)20-11(2)16/h4,6,12H,5,7-9H2,1-3H3/b6-4-/t12-,14-/m0/s1. The van der Waals surface area contributed by atoms with E-state index >= 15 is 0 Å². The first-order valence-electron chi connectivity index (χ1n) is 6.51. The number of esters is 3. The molecule has 0 aromatic heterocycles. The zero-order chi connectivity index (χ0) is 15.2. The predicted molar refractivity (Wildman–Crippen MR) is 69.7 cm³/mol. The van der Waals surface area contributed by atoms with Gasteiger partial charge in [-0.3, -0.25) is 9.59 Å². The van der Waals surface area contributed by atoms with Crippen LogP contribution in [0.4, 0.5) is 0 Å². The molecule has 0 saturated heterocycles. The molecule has 0 unspecified atom stereocenters. The molecule has 1 rings (SSSR count). The van der Waals surface area contributed by atoms with Crippen molar-refractivity contribution in [1.82, 2.24) is 0 Å². The second-order valence-corrected chi connectivity index (χ2v) is 4.73. The van der Waals surface area contributed by atoms with Crippen LogP contribution >= 0.6 is 0 Å². The SMILES string of the molecule is COC(=O)[C@]1(OC(C)=O)CC/C=C\[C@H](OC(C)=O)CC1. The van der Waals surface area contributed by atoms with Crippen LogP contribution in [0.5, 0.6) is 0 Å². The van der Waals surface area contributed by atoms with E-state index in [2.05, 4.69) is 0 Å². The summed E-state index contributed by atoms with van der Waals surface area (Å²) in [6.45, 7) is 2.58. The van der Waals surface area contributed by atoms with Gasteiger partial charge in [0.05, 0.1) is 7.11 Å². The maximum Gasteiger partial charge on any atom is 0.350 e. The Morgan fingerprint density at radius 1 is 1.15 bits per heavy atom. The van der Waals surface area contributed by atoms with Gasteiger partial charge in [-0.1, -0.05) is 6.08 Å². The van der Waals surface area contributed by atoms with Crippen LogP contribution in [0.15, 0.2) is 12.2 Å². The molecule has 20 heavy (non-hydrogen) atoms. The van der Waals surface area contributed by atoms with E-state index in [-0.39, 0.29) is 6.42 Å². The van der Waals surface area contributed by atoms with E-state index in [0.717, 1.165) is 0 Å². The third kappa shape index (κ3) is 4.36. The predicted octanol–water partition coefficient (Wildman–Crippen LogP) is 1.52. The summed E-state index contributed by atoms with van der Waals surface area (Å²) in [5.74, 6) is -1.51. The molecular weight excluding hydrogens is 264 g/mol. The van der Waals surface area contributed by atoms with Crippen LogP contribution in [-0.2, 0) is 28.6 Å². The van der Waals surface area contributed by atoms with Crippen molar-refractivity contribution in [2.75, 3.05) is 7.11 Å². The van der Waals surface area contributed by atoms with Crippen molar-refractivity contribution in [3.63, 3.8) is 0 Å². The molecule has 0 aromatic carbocycles. The van der Waals surface area contributed by atoms with Crippen molar-refractivity contribution in [2.24, 2.45) is 0 Å². The second-order valence-electron chi connectivity index (χ2n) is 4.73. The number of hydrogen-bond donors (Lipinski definition) is 0. The Hall–Kier alpha value is -1.85. The summed E-state index contributed by atoms with van der Waals surface area (Å²) in [6, 6.07) is 0. The summed E-state index contributed by atoms with van der Waals surface area (Å²) in [5, 5.41) is 0. The summed E-state index contributed by atoms with van der Waals surface area (Å²) in [4.78, 5) is 34.3. The molecule has 1 aliphatic carbocycles. The summed E-state index contributed by atoms with van der Waals surface area (Å²) in [7, 11) is 1.26. The van der Waals surface area contributed by atoms with Crippen molar-refractivity contribution in [2.45, 2.75) is 51.2 Å². The van der Waals surface area contributed by atoms with Crippen LogP contribution in [0.1, 0.15) is 39.5 Å². The molecule has 0 radical (unpaired) electrons. The zero-order valence-corrected chi connectivity index (χ0v) is 12.0. The van der Waals surface area contributed by atoms with E-state index in [1.165, 1.54) is 21.0 Å². The maximum absolute atomic E-state index is 12.0. The van der Waals surface area contributed by atoms with Crippen molar-refractivity contribution < 1.29 is 28.6 Å². The first-order valence-corrected chi connectivity index (χ1v) is 6.51. The minimum absolute atomic E-state index is 0.252.